The number of halogens is 1. The number of hydrogen-bond acceptors (Lipinski definition) is 3. The van der Waals surface area contributed by atoms with Crippen molar-refractivity contribution in [3.63, 3.8) is 0 Å². The molecule has 2 nitrogen and oxygen atoms in total. The lowest BCUT2D eigenvalue weighted by Crippen LogP contribution is -2.14. The van der Waals surface area contributed by atoms with Gasteiger partial charge in [-0.2, -0.15) is 0 Å². The third-order valence-electron chi connectivity index (χ3n) is 2.78. The highest BCUT2D eigenvalue weighted by molar-refractivity contribution is 9.11. The van der Waals surface area contributed by atoms with Crippen LogP contribution in [-0.4, -0.2) is 6.54 Å². The van der Waals surface area contributed by atoms with E-state index in [9.17, 15) is 0 Å². The average Bonchev–Trinajstić information content (AvgIpc) is 2.77. The Labute approximate surface area is 120 Å². The van der Waals surface area contributed by atoms with Crippen molar-refractivity contribution < 1.29 is 0 Å². The van der Waals surface area contributed by atoms with Crippen LogP contribution in [0.25, 0.3) is 0 Å². The van der Waals surface area contributed by atoms with E-state index in [0.29, 0.717) is 0 Å². The number of nitrogens with one attached hydrogen (secondary N) is 1. The number of thiophene rings is 1. The number of rotatable bonds is 6. The highest BCUT2D eigenvalue weighted by Gasteiger charge is 1.99. The van der Waals surface area contributed by atoms with Crippen LogP contribution in [-0.2, 0) is 13.0 Å². The topological polar surface area (TPSA) is 38.0 Å². The minimum atomic E-state index is 0.902. The predicted octanol–water partition coefficient (Wildman–Crippen LogP) is 3.82. The van der Waals surface area contributed by atoms with Gasteiger partial charge in [-0.25, -0.2) is 0 Å². The molecule has 1 heterocycles. The van der Waals surface area contributed by atoms with Crippen molar-refractivity contribution in [3.05, 3.63) is 50.6 Å². The molecule has 1 aromatic carbocycles. The molecular formula is C14H17BrN2S. The van der Waals surface area contributed by atoms with Gasteiger partial charge in [0.1, 0.15) is 0 Å². The zero-order valence-corrected chi connectivity index (χ0v) is 12.6. The van der Waals surface area contributed by atoms with Gasteiger partial charge in [0.2, 0.25) is 0 Å². The molecule has 0 aliphatic rings. The number of nitrogens with two attached hydrogens (primary N) is 1. The summed E-state index contributed by atoms with van der Waals surface area (Å²) in [6.07, 6.45) is 2.15. The summed E-state index contributed by atoms with van der Waals surface area (Å²) in [7, 11) is 0. The molecule has 0 unspecified atom stereocenters. The Balaban J connectivity index is 1.66. The first-order chi connectivity index (χ1) is 8.75. The molecular weight excluding hydrogens is 308 g/mol. The van der Waals surface area contributed by atoms with E-state index in [0.717, 1.165) is 31.6 Å². The van der Waals surface area contributed by atoms with E-state index in [2.05, 4.69) is 39.4 Å². The van der Waals surface area contributed by atoms with E-state index in [1.807, 2.05) is 18.2 Å². The standard InChI is InChI=1S/C14H17BrN2S/c15-14-8-7-12(18-14)10-17-9-3-5-11-4-1-2-6-13(11)16/h1-2,4,6-8,17H,3,5,9-10,16H2. The second-order valence-electron chi connectivity index (χ2n) is 4.18. The second kappa shape index (κ2) is 6.92. The number of anilines is 1. The van der Waals surface area contributed by atoms with Crippen LogP contribution in [0.2, 0.25) is 0 Å². The maximum absolute atomic E-state index is 5.91. The summed E-state index contributed by atoms with van der Waals surface area (Å²) in [6.45, 7) is 1.96. The Kier molecular flexibility index (Phi) is 5.23. The van der Waals surface area contributed by atoms with Gasteiger partial charge in [-0.3, -0.25) is 0 Å². The zero-order chi connectivity index (χ0) is 12.8. The molecule has 0 aliphatic carbocycles. The van der Waals surface area contributed by atoms with E-state index >= 15 is 0 Å². The predicted molar refractivity (Wildman–Crippen MR) is 82.9 cm³/mol. The lowest BCUT2D eigenvalue weighted by molar-refractivity contribution is 0.655. The first-order valence-electron chi connectivity index (χ1n) is 6.04. The van der Waals surface area contributed by atoms with Crippen LogP contribution >= 0.6 is 27.3 Å². The lowest BCUT2D eigenvalue weighted by atomic mass is 10.1. The summed E-state index contributed by atoms with van der Waals surface area (Å²) in [4.78, 5) is 1.36. The fourth-order valence-corrected chi connectivity index (χ4v) is 3.28. The molecule has 2 rings (SSSR count). The Morgan fingerprint density at radius 2 is 2.00 bits per heavy atom. The van der Waals surface area contributed by atoms with E-state index in [-0.39, 0.29) is 0 Å². The fraction of sp³-hybridized carbons (Fsp3) is 0.286. The van der Waals surface area contributed by atoms with Crippen molar-refractivity contribution >= 4 is 33.0 Å². The van der Waals surface area contributed by atoms with Crippen LogP contribution in [0.3, 0.4) is 0 Å². The second-order valence-corrected chi connectivity index (χ2v) is 6.73. The summed E-state index contributed by atoms with van der Waals surface area (Å²) < 4.78 is 1.19. The molecule has 96 valence electrons. The number of benzene rings is 1. The summed E-state index contributed by atoms with van der Waals surface area (Å²) in [6, 6.07) is 12.3. The summed E-state index contributed by atoms with van der Waals surface area (Å²) in [5.74, 6) is 0. The molecule has 0 radical (unpaired) electrons. The maximum atomic E-state index is 5.91. The van der Waals surface area contributed by atoms with Crippen LogP contribution in [0.4, 0.5) is 5.69 Å². The zero-order valence-electron chi connectivity index (χ0n) is 10.2. The Bertz CT molecular complexity index is 496. The van der Waals surface area contributed by atoms with Crippen molar-refractivity contribution in [2.45, 2.75) is 19.4 Å². The Morgan fingerprint density at radius 3 is 2.72 bits per heavy atom. The van der Waals surface area contributed by atoms with Gasteiger partial charge in [-0.1, -0.05) is 18.2 Å². The largest absolute Gasteiger partial charge is 0.399 e. The van der Waals surface area contributed by atoms with E-state index in [1.165, 1.54) is 14.2 Å². The maximum Gasteiger partial charge on any atom is 0.0701 e. The Morgan fingerprint density at radius 1 is 1.17 bits per heavy atom. The monoisotopic (exact) mass is 324 g/mol. The molecule has 4 heteroatoms. The van der Waals surface area contributed by atoms with Gasteiger partial charge in [0.05, 0.1) is 3.79 Å². The van der Waals surface area contributed by atoms with Crippen LogP contribution < -0.4 is 11.1 Å². The minimum Gasteiger partial charge on any atom is -0.399 e. The SMILES string of the molecule is Nc1ccccc1CCCNCc1ccc(Br)s1. The van der Waals surface area contributed by atoms with E-state index < -0.39 is 0 Å². The minimum absolute atomic E-state index is 0.902. The van der Waals surface area contributed by atoms with Crippen molar-refractivity contribution in [3.8, 4) is 0 Å². The smallest absolute Gasteiger partial charge is 0.0701 e. The molecule has 0 spiro atoms. The normalized spacial score (nSPS) is 10.7. The third-order valence-corrected chi connectivity index (χ3v) is 4.41. The van der Waals surface area contributed by atoms with Gasteiger partial charge in [0.15, 0.2) is 0 Å². The van der Waals surface area contributed by atoms with Crippen molar-refractivity contribution in [1.82, 2.24) is 5.32 Å². The van der Waals surface area contributed by atoms with Crippen molar-refractivity contribution in [2.75, 3.05) is 12.3 Å². The number of nitrogen functional groups attached to an aromatic ring is 1. The van der Waals surface area contributed by atoms with Crippen LogP contribution in [0.1, 0.15) is 16.9 Å². The Hall–Kier alpha value is -0.840. The van der Waals surface area contributed by atoms with Gasteiger partial charge in [0, 0.05) is 17.1 Å². The van der Waals surface area contributed by atoms with E-state index in [4.69, 9.17) is 5.73 Å². The summed E-state index contributed by atoms with van der Waals surface area (Å²) in [5.41, 5.74) is 8.06. The van der Waals surface area contributed by atoms with Crippen LogP contribution in [0.15, 0.2) is 40.2 Å². The van der Waals surface area contributed by atoms with Gasteiger partial charge in [0.25, 0.3) is 0 Å². The molecule has 2 aromatic rings. The molecule has 0 amide bonds. The van der Waals surface area contributed by atoms with Gasteiger partial charge < -0.3 is 11.1 Å². The van der Waals surface area contributed by atoms with Crippen molar-refractivity contribution in [1.29, 1.82) is 0 Å². The van der Waals surface area contributed by atoms with Crippen molar-refractivity contribution in [2.24, 2.45) is 0 Å². The molecule has 0 saturated heterocycles. The van der Waals surface area contributed by atoms with Crippen LogP contribution in [0, 0.1) is 0 Å². The highest BCUT2D eigenvalue weighted by atomic mass is 79.9. The molecule has 3 N–H and O–H groups in total. The van der Waals surface area contributed by atoms with E-state index in [1.54, 1.807) is 11.3 Å². The molecule has 0 fully saturated rings. The molecule has 0 atom stereocenters. The lowest BCUT2D eigenvalue weighted by Gasteiger charge is -2.06. The third kappa shape index (κ3) is 4.12. The van der Waals surface area contributed by atoms with Gasteiger partial charge >= 0.3 is 0 Å². The first-order valence-corrected chi connectivity index (χ1v) is 7.65. The molecule has 0 bridgehead atoms. The number of para-hydroxylation sites is 1. The average molecular weight is 325 g/mol. The fourth-order valence-electron chi connectivity index (χ4n) is 1.82. The van der Waals surface area contributed by atoms with Crippen LogP contribution in [0.5, 0.6) is 0 Å². The quantitative estimate of drug-likeness (QED) is 0.626. The van der Waals surface area contributed by atoms with Gasteiger partial charge in [-0.05, 0) is 59.1 Å². The molecule has 18 heavy (non-hydrogen) atoms. The summed E-state index contributed by atoms with van der Waals surface area (Å²) >= 11 is 5.25. The van der Waals surface area contributed by atoms with Gasteiger partial charge in [-0.15, -0.1) is 11.3 Å². The summed E-state index contributed by atoms with van der Waals surface area (Å²) in [5, 5.41) is 3.45. The molecule has 1 aromatic heterocycles. The molecule has 0 saturated carbocycles. The number of hydrogen-bond donors (Lipinski definition) is 2. The first kappa shape index (κ1) is 13.6. The highest BCUT2D eigenvalue weighted by Crippen LogP contribution is 2.21. The number of aryl methyl sites for hydroxylation is 1. The molecule has 0 aliphatic heterocycles.